The van der Waals surface area contributed by atoms with Gasteiger partial charge in [-0.05, 0) is 41.6 Å². The number of benzene rings is 2. The molecule has 1 aliphatic heterocycles. The van der Waals surface area contributed by atoms with E-state index in [0.717, 1.165) is 4.88 Å². The fourth-order valence-electron chi connectivity index (χ4n) is 3.65. The summed E-state index contributed by atoms with van der Waals surface area (Å²) in [5.41, 5.74) is 1.30. The highest BCUT2D eigenvalue weighted by Gasteiger charge is 2.47. The molecule has 2 heterocycles. The zero-order valence-corrected chi connectivity index (χ0v) is 19.0. The predicted octanol–water partition coefficient (Wildman–Crippen LogP) is 5.19. The quantitative estimate of drug-likeness (QED) is 0.236. The molecule has 1 fully saturated rings. The van der Waals surface area contributed by atoms with Crippen LogP contribution in [0.25, 0.3) is 5.76 Å². The standard InChI is InChI=1S/C26H23NO5S/c1-16(2)15-32-26(31)18-10-12-19(13-11-18)27-22(20-9-6-14-33-20)21(24(29)25(27)30)23(28)17-7-4-3-5-8-17/h3-14,16,22,28H,15H2,1-2H3/b23-21-. The molecular formula is C26H23NO5S. The van der Waals surface area contributed by atoms with Crippen molar-refractivity contribution in [2.45, 2.75) is 19.9 Å². The summed E-state index contributed by atoms with van der Waals surface area (Å²) in [6.07, 6.45) is 0. The maximum absolute atomic E-state index is 13.1. The second-order valence-corrected chi connectivity index (χ2v) is 9.07. The number of ether oxygens (including phenoxy) is 1. The second-order valence-electron chi connectivity index (χ2n) is 8.09. The molecule has 33 heavy (non-hydrogen) atoms. The van der Waals surface area contributed by atoms with Crippen LogP contribution in [0.5, 0.6) is 0 Å². The molecule has 0 bridgehead atoms. The molecule has 1 saturated heterocycles. The number of hydrogen-bond acceptors (Lipinski definition) is 6. The number of ketones is 1. The highest BCUT2D eigenvalue weighted by Crippen LogP contribution is 2.43. The third-order valence-electron chi connectivity index (χ3n) is 5.23. The van der Waals surface area contributed by atoms with Gasteiger partial charge in [0, 0.05) is 16.1 Å². The smallest absolute Gasteiger partial charge is 0.338 e. The number of amides is 1. The number of aliphatic hydroxyl groups is 1. The fraction of sp³-hybridized carbons (Fsp3) is 0.192. The van der Waals surface area contributed by atoms with Gasteiger partial charge < -0.3 is 9.84 Å². The number of carbonyl (C=O) groups is 3. The zero-order chi connectivity index (χ0) is 23.5. The Balaban J connectivity index is 1.74. The lowest BCUT2D eigenvalue weighted by Gasteiger charge is -2.24. The van der Waals surface area contributed by atoms with Crippen molar-refractivity contribution in [3.63, 3.8) is 0 Å². The number of anilines is 1. The van der Waals surface area contributed by atoms with Gasteiger partial charge in [0.05, 0.1) is 17.7 Å². The van der Waals surface area contributed by atoms with Gasteiger partial charge in [-0.15, -0.1) is 11.3 Å². The first-order valence-electron chi connectivity index (χ1n) is 10.6. The first-order chi connectivity index (χ1) is 15.9. The SMILES string of the molecule is CC(C)COC(=O)c1ccc(N2C(=O)C(=O)/C(=C(\O)c3ccccc3)C2c2cccs2)cc1. The van der Waals surface area contributed by atoms with E-state index in [-0.39, 0.29) is 17.3 Å². The van der Waals surface area contributed by atoms with Crippen molar-refractivity contribution in [3.05, 3.63) is 93.7 Å². The van der Waals surface area contributed by atoms with Crippen LogP contribution in [-0.2, 0) is 14.3 Å². The summed E-state index contributed by atoms with van der Waals surface area (Å²) in [6.45, 7) is 4.22. The van der Waals surface area contributed by atoms with Crippen molar-refractivity contribution >= 4 is 40.4 Å². The molecule has 7 heteroatoms. The molecule has 1 aromatic heterocycles. The van der Waals surface area contributed by atoms with Crippen LogP contribution in [-0.4, -0.2) is 29.4 Å². The van der Waals surface area contributed by atoms with Gasteiger partial charge in [0.2, 0.25) is 0 Å². The third-order valence-corrected chi connectivity index (χ3v) is 6.16. The number of thiophene rings is 1. The van der Waals surface area contributed by atoms with Crippen LogP contribution in [0.15, 0.2) is 77.7 Å². The van der Waals surface area contributed by atoms with Crippen LogP contribution in [0.3, 0.4) is 0 Å². The summed E-state index contributed by atoms with van der Waals surface area (Å²) < 4.78 is 5.26. The van der Waals surface area contributed by atoms with E-state index in [4.69, 9.17) is 4.74 Å². The van der Waals surface area contributed by atoms with Crippen LogP contribution in [0, 0.1) is 5.92 Å². The van der Waals surface area contributed by atoms with Gasteiger partial charge in [-0.25, -0.2) is 4.79 Å². The van der Waals surface area contributed by atoms with Gasteiger partial charge in [-0.2, -0.15) is 0 Å². The molecule has 1 N–H and O–H groups in total. The topological polar surface area (TPSA) is 83.9 Å². The largest absolute Gasteiger partial charge is 0.507 e. The van der Waals surface area contributed by atoms with Crippen molar-refractivity contribution < 1.29 is 24.2 Å². The number of nitrogens with zero attached hydrogens (tertiary/aromatic N) is 1. The minimum atomic E-state index is -0.774. The first kappa shape index (κ1) is 22.5. The third kappa shape index (κ3) is 4.45. The van der Waals surface area contributed by atoms with Crippen LogP contribution in [0.4, 0.5) is 5.69 Å². The summed E-state index contributed by atoms with van der Waals surface area (Å²) in [5.74, 6) is -1.94. The maximum atomic E-state index is 13.1. The summed E-state index contributed by atoms with van der Waals surface area (Å²) in [4.78, 5) is 40.5. The van der Waals surface area contributed by atoms with E-state index in [1.807, 2.05) is 31.4 Å². The first-order valence-corrected chi connectivity index (χ1v) is 11.4. The second kappa shape index (κ2) is 9.42. The van der Waals surface area contributed by atoms with E-state index in [1.54, 1.807) is 54.6 Å². The average Bonchev–Trinajstić information content (AvgIpc) is 3.44. The van der Waals surface area contributed by atoms with Crippen LogP contribution in [0.2, 0.25) is 0 Å². The lowest BCUT2D eigenvalue weighted by Crippen LogP contribution is -2.29. The normalized spacial score (nSPS) is 17.5. The molecule has 1 unspecified atom stereocenters. The predicted molar refractivity (Wildman–Crippen MR) is 127 cm³/mol. The van der Waals surface area contributed by atoms with Gasteiger partial charge in [-0.3, -0.25) is 14.5 Å². The van der Waals surface area contributed by atoms with Gasteiger partial charge in [-0.1, -0.05) is 50.2 Å². The fourth-order valence-corrected chi connectivity index (χ4v) is 4.47. The molecule has 0 radical (unpaired) electrons. The number of carbonyl (C=O) groups excluding carboxylic acids is 3. The monoisotopic (exact) mass is 461 g/mol. The summed E-state index contributed by atoms with van der Waals surface area (Å²) in [7, 11) is 0. The molecule has 2 aromatic carbocycles. The maximum Gasteiger partial charge on any atom is 0.338 e. The van der Waals surface area contributed by atoms with Crippen molar-refractivity contribution in [2.75, 3.05) is 11.5 Å². The Morgan fingerprint density at radius 3 is 2.30 bits per heavy atom. The van der Waals surface area contributed by atoms with Crippen LogP contribution < -0.4 is 4.90 Å². The minimum absolute atomic E-state index is 0.0362. The number of esters is 1. The van der Waals surface area contributed by atoms with E-state index >= 15 is 0 Å². The van der Waals surface area contributed by atoms with Crippen LogP contribution in [0.1, 0.15) is 40.7 Å². The zero-order valence-electron chi connectivity index (χ0n) is 18.2. The Morgan fingerprint density at radius 2 is 1.70 bits per heavy atom. The van der Waals surface area contributed by atoms with Crippen molar-refractivity contribution in [2.24, 2.45) is 5.92 Å². The number of Topliss-reactive ketones (excluding diaryl/α,β-unsaturated/α-hetero) is 1. The van der Waals surface area contributed by atoms with E-state index in [0.29, 0.717) is 23.4 Å². The van der Waals surface area contributed by atoms with E-state index in [9.17, 15) is 19.5 Å². The molecule has 4 rings (SSSR count). The van der Waals surface area contributed by atoms with E-state index < -0.39 is 23.7 Å². The molecule has 6 nitrogen and oxygen atoms in total. The molecule has 3 aromatic rings. The Morgan fingerprint density at radius 1 is 1.00 bits per heavy atom. The molecule has 0 saturated carbocycles. The molecule has 0 aliphatic carbocycles. The van der Waals surface area contributed by atoms with E-state index in [1.165, 1.54) is 16.2 Å². The Labute approximate surface area is 195 Å². The van der Waals surface area contributed by atoms with E-state index in [2.05, 4.69) is 0 Å². The van der Waals surface area contributed by atoms with Crippen molar-refractivity contribution in [3.8, 4) is 0 Å². The Bertz CT molecular complexity index is 1200. The molecule has 1 amide bonds. The molecule has 1 atom stereocenters. The summed E-state index contributed by atoms with van der Waals surface area (Å²) >= 11 is 1.39. The molecule has 168 valence electrons. The summed E-state index contributed by atoms with van der Waals surface area (Å²) in [6, 6.07) is 17.9. The van der Waals surface area contributed by atoms with Gasteiger partial charge >= 0.3 is 5.97 Å². The Kier molecular flexibility index (Phi) is 6.42. The molecule has 1 aliphatic rings. The van der Waals surface area contributed by atoms with Crippen molar-refractivity contribution in [1.29, 1.82) is 0 Å². The van der Waals surface area contributed by atoms with Crippen LogP contribution >= 0.6 is 11.3 Å². The lowest BCUT2D eigenvalue weighted by atomic mass is 9.99. The van der Waals surface area contributed by atoms with Crippen molar-refractivity contribution in [1.82, 2.24) is 0 Å². The minimum Gasteiger partial charge on any atom is -0.507 e. The average molecular weight is 462 g/mol. The van der Waals surface area contributed by atoms with Gasteiger partial charge in [0.25, 0.3) is 11.7 Å². The lowest BCUT2D eigenvalue weighted by molar-refractivity contribution is -0.132. The van der Waals surface area contributed by atoms with Gasteiger partial charge in [0.15, 0.2) is 0 Å². The number of rotatable bonds is 6. The molecular weight excluding hydrogens is 438 g/mol. The highest BCUT2D eigenvalue weighted by atomic mass is 32.1. The highest BCUT2D eigenvalue weighted by molar-refractivity contribution is 7.10. The number of hydrogen-bond donors (Lipinski definition) is 1. The van der Waals surface area contributed by atoms with Gasteiger partial charge in [0.1, 0.15) is 11.8 Å². The molecule has 0 spiro atoms. The number of aliphatic hydroxyl groups excluding tert-OH is 1. The summed E-state index contributed by atoms with van der Waals surface area (Å²) in [5, 5.41) is 12.8. The Hall–Kier alpha value is -3.71.